The minimum Gasteiger partial charge on any atom is -0.363 e. The maximum atomic E-state index is 13.4. The van der Waals surface area contributed by atoms with Crippen molar-refractivity contribution in [3.8, 4) is 0 Å². The zero-order chi connectivity index (χ0) is 19.5. The van der Waals surface area contributed by atoms with Gasteiger partial charge in [-0.2, -0.15) is 0 Å². The van der Waals surface area contributed by atoms with Crippen LogP contribution in [0.2, 0.25) is 0 Å². The first-order chi connectivity index (χ1) is 13.6. The summed E-state index contributed by atoms with van der Waals surface area (Å²) in [6.45, 7) is 0.661. The normalized spacial score (nSPS) is 16.2. The van der Waals surface area contributed by atoms with Crippen molar-refractivity contribution in [1.82, 2.24) is 19.9 Å². The number of aryl methyl sites for hydroxylation is 1. The van der Waals surface area contributed by atoms with Crippen LogP contribution in [0.1, 0.15) is 39.6 Å². The quantitative estimate of drug-likeness (QED) is 0.706. The number of pyridine rings is 1. The van der Waals surface area contributed by atoms with Gasteiger partial charge in [-0.15, -0.1) is 0 Å². The second kappa shape index (κ2) is 7.76. The van der Waals surface area contributed by atoms with Crippen molar-refractivity contribution in [2.75, 3.05) is 25.5 Å². The summed E-state index contributed by atoms with van der Waals surface area (Å²) in [7, 11) is 3.94. The van der Waals surface area contributed by atoms with E-state index in [2.05, 4.69) is 39.2 Å². The number of nitrogens with zero attached hydrogens (tertiary/aromatic N) is 5. The van der Waals surface area contributed by atoms with Crippen LogP contribution in [0.25, 0.3) is 0 Å². The Hall–Kier alpha value is -3.28. The van der Waals surface area contributed by atoms with E-state index in [0.717, 1.165) is 29.8 Å². The first kappa shape index (κ1) is 18.1. The standard InChI is InChI=1S/C22H23N5O/c1-26(2)20-14-17(9-10-25-20)21-18-8-4-3-6-16(18)7-5-13-27(21)22(28)19-15-23-11-12-24-19/h3-4,6,8-12,14-15,21H,5,7,13H2,1-2H3. The summed E-state index contributed by atoms with van der Waals surface area (Å²) in [5, 5.41) is 0. The molecule has 4 rings (SSSR count). The first-order valence-electron chi connectivity index (χ1n) is 9.43. The zero-order valence-corrected chi connectivity index (χ0v) is 16.1. The number of carbonyl (C=O) groups is 1. The molecular formula is C22H23N5O. The van der Waals surface area contributed by atoms with Crippen LogP contribution in [0.4, 0.5) is 5.82 Å². The highest BCUT2D eigenvalue weighted by molar-refractivity contribution is 5.92. The Bertz CT molecular complexity index is 973. The van der Waals surface area contributed by atoms with Crippen molar-refractivity contribution >= 4 is 11.7 Å². The fourth-order valence-corrected chi connectivity index (χ4v) is 3.75. The summed E-state index contributed by atoms with van der Waals surface area (Å²) < 4.78 is 0. The Kier molecular flexibility index (Phi) is 5.02. The maximum absolute atomic E-state index is 13.4. The number of benzene rings is 1. The average molecular weight is 373 g/mol. The Morgan fingerprint density at radius 3 is 2.75 bits per heavy atom. The van der Waals surface area contributed by atoms with Crippen LogP contribution in [0.3, 0.4) is 0 Å². The van der Waals surface area contributed by atoms with E-state index in [1.807, 2.05) is 42.2 Å². The number of fused-ring (bicyclic) bond motifs is 1. The lowest BCUT2D eigenvalue weighted by atomic mass is 9.93. The molecule has 6 heteroatoms. The van der Waals surface area contributed by atoms with Crippen LogP contribution in [-0.2, 0) is 6.42 Å². The van der Waals surface area contributed by atoms with E-state index in [9.17, 15) is 4.79 Å². The summed E-state index contributed by atoms with van der Waals surface area (Å²) >= 11 is 0. The molecule has 0 aliphatic carbocycles. The Labute approximate surface area is 164 Å². The lowest BCUT2D eigenvalue weighted by Gasteiger charge is -2.31. The number of amides is 1. The number of hydrogen-bond acceptors (Lipinski definition) is 5. The van der Waals surface area contributed by atoms with Crippen LogP contribution in [-0.4, -0.2) is 46.4 Å². The summed E-state index contributed by atoms with van der Waals surface area (Å²) in [4.78, 5) is 30.0. The molecule has 0 saturated carbocycles. The highest BCUT2D eigenvalue weighted by Gasteiger charge is 2.32. The molecule has 28 heavy (non-hydrogen) atoms. The van der Waals surface area contributed by atoms with E-state index in [0.29, 0.717) is 12.2 Å². The minimum absolute atomic E-state index is 0.0991. The van der Waals surface area contributed by atoms with E-state index >= 15 is 0 Å². The third kappa shape index (κ3) is 3.45. The lowest BCUT2D eigenvalue weighted by molar-refractivity contribution is 0.0703. The van der Waals surface area contributed by atoms with Gasteiger partial charge in [0.25, 0.3) is 5.91 Å². The first-order valence-corrected chi connectivity index (χ1v) is 9.43. The van der Waals surface area contributed by atoms with Gasteiger partial charge in [0.05, 0.1) is 12.2 Å². The molecule has 3 aromatic rings. The predicted molar refractivity (Wildman–Crippen MR) is 108 cm³/mol. The molecule has 0 bridgehead atoms. The van der Waals surface area contributed by atoms with Crippen molar-refractivity contribution in [3.63, 3.8) is 0 Å². The Morgan fingerprint density at radius 2 is 1.96 bits per heavy atom. The Balaban J connectivity index is 1.85. The second-order valence-corrected chi connectivity index (χ2v) is 7.14. The summed E-state index contributed by atoms with van der Waals surface area (Å²) in [5.74, 6) is 0.768. The molecule has 1 aromatic carbocycles. The molecule has 1 atom stereocenters. The number of hydrogen-bond donors (Lipinski definition) is 0. The highest BCUT2D eigenvalue weighted by Crippen LogP contribution is 2.35. The third-order valence-electron chi connectivity index (χ3n) is 5.09. The van der Waals surface area contributed by atoms with Crippen LogP contribution in [0.15, 0.2) is 61.2 Å². The second-order valence-electron chi connectivity index (χ2n) is 7.14. The molecule has 3 heterocycles. The van der Waals surface area contributed by atoms with Crippen molar-refractivity contribution in [2.45, 2.75) is 18.9 Å². The zero-order valence-electron chi connectivity index (χ0n) is 16.1. The number of carbonyl (C=O) groups excluding carboxylic acids is 1. The van der Waals surface area contributed by atoms with E-state index in [-0.39, 0.29) is 11.9 Å². The molecule has 1 aliphatic heterocycles. The molecule has 0 spiro atoms. The SMILES string of the molecule is CN(C)c1cc(C2c3ccccc3CCCN2C(=O)c2cnccn2)ccn1. The smallest absolute Gasteiger partial charge is 0.274 e. The van der Waals surface area contributed by atoms with Gasteiger partial charge in [-0.3, -0.25) is 9.78 Å². The van der Waals surface area contributed by atoms with Crippen molar-refractivity contribution < 1.29 is 4.79 Å². The number of anilines is 1. The highest BCUT2D eigenvalue weighted by atomic mass is 16.2. The van der Waals surface area contributed by atoms with Gasteiger partial charge < -0.3 is 9.80 Å². The maximum Gasteiger partial charge on any atom is 0.274 e. The van der Waals surface area contributed by atoms with Gasteiger partial charge in [0.15, 0.2) is 0 Å². The summed E-state index contributed by atoms with van der Waals surface area (Å²) in [5.41, 5.74) is 3.86. The average Bonchev–Trinajstić information content (AvgIpc) is 2.93. The van der Waals surface area contributed by atoms with Gasteiger partial charge in [0, 0.05) is 39.2 Å². The van der Waals surface area contributed by atoms with E-state index in [1.165, 1.54) is 11.8 Å². The molecule has 0 saturated heterocycles. The molecule has 1 unspecified atom stereocenters. The largest absolute Gasteiger partial charge is 0.363 e. The van der Waals surface area contributed by atoms with Gasteiger partial charge in [0.2, 0.25) is 0 Å². The molecule has 0 N–H and O–H groups in total. The van der Waals surface area contributed by atoms with Crippen molar-refractivity contribution in [2.24, 2.45) is 0 Å². The summed E-state index contributed by atoms with van der Waals surface area (Å²) in [6, 6.07) is 12.3. The molecule has 1 amide bonds. The monoisotopic (exact) mass is 373 g/mol. The van der Waals surface area contributed by atoms with E-state index < -0.39 is 0 Å². The van der Waals surface area contributed by atoms with Crippen LogP contribution in [0.5, 0.6) is 0 Å². The molecule has 2 aromatic heterocycles. The van der Waals surface area contributed by atoms with Crippen molar-refractivity contribution in [1.29, 1.82) is 0 Å². The van der Waals surface area contributed by atoms with E-state index in [1.54, 1.807) is 12.4 Å². The fourth-order valence-electron chi connectivity index (χ4n) is 3.75. The van der Waals surface area contributed by atoms with Crippen molar-refractivity contribution in [3.05, 3.63) is 83.6 Å². The topological polar surface area (TPSA) is 62.2 Å². The van der Waals surface area contributed by atoms with E-state index in [4.69, 9.17) is 0 Å². The third-order valence-corrected chi connectivity index (χ3v) is 5.09. The van der Waals surface area contributed by atoms with Gasteiger partial charge in [-0.1, -0.05) is 24.3 Å². The van der Waals surface area contributed by atoms with Gasteiger partial charge in [-0.25, -0.2) is 9.97 Å². The van der Waals surface area contributed by atoms with Crippen LogP contribution < -0.4 is 4.90 Å². The lowest BCUT2D eigenvalue weighted by Crippen LogP contribution is -2.36. The fraction of sp³-hybridized carbons (Fsp3) is 0.273. The molecular weight excluding hydrogens is 350 g/mol. The summed E-state index contributed by atoms with van der Waals surface area (Å²) in [6.07, 6.45) is 8.34. The number of aromatic nitrogens is 3. The Morgan fingerprint density at radius 1 is 1.11 bits per heavy atom. The minimum atomic E-state index is -0.185. The van der Waals surface area contributed by atoms with Crippen LogP contribution >= 0.6 is 0 Å². The molecule has 142 valence electrons. The molecule has 6 nitrogen and oxygen atoms in total. The van der Waals surface area contributed by atoms with Gasteiger partial charge >= 0.3 is 0 Å². The van der Waals surface area contributed by atoms with Gasteiger partial charge in [0.1, 0.15) is 11.5 Å². The van der Waals surface area contributed by atoms with Crippen LogP contribution in [0, 0.1) is 0 Å². The molecule has 0 radical (unpaired) electrons. The number of rotatable bonds is 3. The molecule has 0 fully saturated rings. The molecule has 1 aliphatic rings. The van der Waals surface area contributed by atoms with Gasteiger partial charge in [-0.05, 0) is 41.7 Å². The predicted octanol–water partition coefficient (Wildman–Crippen LogP) is 3.12.